The molecule has 2 rings (SSSR count). The van der Waals surface area contributed by atoms with Gasteiger partial charge in [0, 0.05) is 15.5 Å². The molecule has 0 aliphatic heterocycles. The lowest BCUT2D eigenvalue weighted by molar-refractivity contribution is 0.179. The molecule has 106 valence electrons. The zero-order valence-electron chi connectivity index (χ0n) is 11.4. The summed E-state index contributed by atoms with van der Waals surface area (Å²) in [4.78, 5) is 0. The van der Waals surface area contributed by atoms with Gasteiger partial charge >= 0.3 is 0 Å². The van der Waals surface area contributed by atoms with Crippen molar-refractivity contribution in [2.24, 2.45) is 5.73 Å². The Labute approximate surface area is 133 Å². The van der Waals surface area contributed by atoms with Gasteiger partial charge in [0.2, 0.25) is 0 Å². The smallest absolute Gasteiger partial charge is 0.138 e. The fourth-order valence-electron chi connectivity index (χ4n) is 2.01. The summed E-state index contributed by atoms with van der Waals surface area (Å²) in [5, 5.41) is 0.704. The first-order valence-corrected chi connectivity index (χ1v) is 7.58. The van der Waals surface area contributed by atoms with Gasteiger partial charge < -0.3 is 10.5 Å². The molecule has 2 atom stereocenters. The average Bonchev–Trinajstić information content (AvgIpc) is 2.39. The summed E-state index contributed by atoms with van der Waals surface area (Å²) >= 11 is 9.40. The van der Waals surface area contributed by atoms with Crippen LogP contribution < -0.4 is 10.5 Å². The van der Waals surface area contributed by atoms with E-state index >= 15 is 0 Å². The van der Waals surface area contributed by atoms with Crippen LogP contribution in [0.15, 0.2) is 46.9 Å². The van der Waals surface area contributed by atoms with Gasteiger partial charge in [-0.1, -0.05) is 39.7 Å². The highest BCUT2D eigenvalue weighted by Crippen LogP contribution is 2.29. The standard InChI is InChI=1S/C16H17BrClNO/c1-10-9-14(18)7-8-15(10)20-16(11(2)19)12-3-5-13(17)6-4-12/h3-9,11,16H,19H2,1-2H3. The molecule has 0 fully saturated rings. The number of rotatable bonds is 4. The van der Waals surface area contributed by atoms with Gasteiger partial charge in [-0.3, -0.25) is 0 Å². The highest BCUT2D eigenvalue weighted by molar-refractivity contribution is 9.10. The third kappa shape index (κ3) is 3.75. The molecule has 0 radical (unpaired) electrons. The van der Waals surface area contributed by atoms with Gasteiger partial charge in [0.15, 0.2) is 0 Å². The third-order valence-electron chi connectivity index (χ3n) is 3.07. The Morgan fingerprint density at radius 1 is 1.15 bits per heavy atom. The highest BCUT2D eigenvalue weighted by Gasteiger charge is 2.19. The molecular weight excluding hydrogens is 338 g/mol. The van der Waals surface area contributed by atoms with E-state index in [9.17, 15) is 0 Å². The fraction of sp³-hybridized carbons (Fsp3) is 0.250. The molecule has 0 saturated heterocycles. The summed E-state index contributed by atoms with van der Waals surface area (Å²) < 4.78 is 7.12. The maximum atomic E-state index is 6.09. The van der Waals surface area contributed by atoms with E-state index in [-0.39, 0.29) is 12.1 Å². The number of benzene rings is 2. The predicted molar refractivity (Wildman–Crippen MR) is 87.3 cm³/mol. The zero-order chi connectivity index (χ0) is 14.7. The van der Waals surface area contributed by atoms with Crippen molar-refractivity contribution in [1.29, 1.82) is 0 Å². The van der Waals surface area contributed by atoms with Crippen molar-refractivity contribution in [2.75, 3.05) is 0 Å². The largest absolute Gasteiger partial charge is 0.484 e. The second-order valence-corrected chi connectivity index (χ2v) is 6.21. The number of nitrogens with two attached hydrogens (primary N) is 1. The molecule has 2 N–H and O–H groups in total. The molecule has 0 aliphatic carbocycles. The van der Waals surface area contributed by atoms with E-state index in [4.69, 9.17) is 22.1 Å². The van der Waals surface area contributed by atoms with E-state index in [0.29, 0.717) is 5.02 Å². The van der Waals surface area contributed by atoms with Crippen molar-refractivity contribution in [1.82, 2.24) is 0 Å². The van der Waals surface area contributed by atoms with Gasteiger partial charge in [0.25, 0.3) is 0 Å². The normalized spacial score (nSPS) is 13.8. The first kappa shape index (κ1) is 15.4. The van der Waals surface area contributed by atoms with E-state index in [1.807, 2.05) is 56.3 Å². The first-order valence-electron chi connectivity index (χ1n) is 6.41. The van der Waals surface area contributed by atoms with Crippen molar-refractivity contribution in [3.8, 4) is 5.75 Å². The van der Waals surface area contributed by atoms with E-state index < -0.39 is 0 Å². The Morgan fingerprint density at radius 2 is 1.80 bits per heavy atom. The summed E-state index contributed by atoms with van der Waals surface area (Å²) in [5.74, 6) is 0.805. The van der Waals surface area contributed by atoms with Crippen LogP contribution in [0.1, 0.15) is 24.2 Å². The molecule has 20 heavy (non-hydrogen) atoms. The second-order valence-electron chi connectivity index (χ2n) is 4.86. The maximum absolute atomic E-state index is 6.09. The van der Waals surface area contributed by atoms with Crippen molar-refractivity contribution in [2.45, 2.75) is 26.0 Å². The average molecular weight is 355 g/mol. The summed E-state index contributed by atoms with van der Waals surface area (Å²) in [6.07, 6.45) is -0.192. The minimum atomic E-state index is -0.192. The molecule has 0 aromatic heterocycles. The molecule has 2 nitrogen and oxygen atoms in total. The van der Waals surface area contributed by atoms with Gasteiger partial charge in [-0.05, 0) is 55.3 Å². The number of aryl methyl sites for hydroxylation is 1. The molecule has 2 aromatic carbocycles. The lowest BCUT2D eigenvalue weighted by atomic mass is 10.0. The SMILES string of the molecule is Cc1cc(Cl)ccc1OC(c1ccc(Br)cc1)C(C)N. The number of halogens is 2. The highest BCUT2D eigenvalue weighted by atomic mass is 79.9. The van der Waals surface area contributed by atoms with Crippen LogP contribution >= 0.6 is 27.5 Å². The second kappa shape index (κ2) is 6.61. The van der Waals surface area contributed by atoms with Crippen LogP contribution in [0.3, 0.4) is 0 Å². The Morgan fingerprint density at radius 3 is 2.35 bits per heavy atom. The zero-order valence-corrected chi connectivity index (χ0v) is 13.8. The molecule has 2 unspecified atom stereocenters. The van der Waals surface area contributed by atoms with E-state index in [1.54, 1.807) is 0 Å². The van der Waals surface area contributed by atoms with Gasteiger partial charge in [-0.25, -0.2) is 0 Å². The molecule has 0 aliphatic rings. The monoisotopic (exact) mass is 353 g/mol. The van der Waals surface area contributed by atoms with E-state index in [2.05, 4.69) is 15.9 Å². The van der Waals surface area contributed by atoms with Gasteiger partial charge in [-0.15, -0.1) is 0 Å². The van der Waals surface area contributed by atoms with Crippen molar-refractivity contribution in [3.63, 3.8) is 0 Å². The van der Waals surface area contributed by atoms with Crippen LogP contribution in [0.25, 0.3) is 0 Å². The minimum Gasteiger partial charge on any atom is -0.484 e. The van der Waals surface area contributed by atoms with Crippen molar-refractivity contribution < 1.29 is 4.74 Å². The fourth-order valence-corrected chi connectivity index (χ4v) is 2.50. The molecule has 4 heteroatoms. The van der Waals surface area contributed by atoms with Crippen molar-refractivity contribution in [3.05, 3.63) is 63.1 Å². The number of ether oxygens (including phenoxy) is 1. The van der Waals surface area contributed by atoms with Crippen LogP contribution in [-0.2, 0) is 0 Å². The van der Waals surface area contributed by atoms with E-state index in [1.165, 1.54) is 0 Å². The van der Waals surface area contributed by atoms with Crippen LogP contribution in [0.5, 0.6) is 5.75 Å². The lowest BCUT2D eigenvalue weighted by Crippen LogP contribution is -2.29. The quantitative estimate of drug-likeness (QED) is 0.849. The van der Waals surface area contributed by atoms with Crippen molar-refractivity contribution >= 4 is 27.5 Å². The first-order chi connectivity index (χ1) is 9.47. The van der Waals surface area contributed by atoms with Gasteiger partial charge in [0.1, 0.15) is 11.9 Å². The molecular formula is C16H17BrClNO. The molecule has 0 spiro atoms. The van der Waals surface area contributed by atoms with E-state index in [0.717, 1.165) is 21.3 Å². The third-order valence-corrected chi connectivity index (χ3v) is 3.83. The summed E-state index contributed by atoms with van der Waals surface area (Å²) in [6.45, 7) is 3.92. The minimum absolute atomic E-state index is 0.119. The Balaban J connectivity index is 2.28. The Bertz CT molecular complexity index is 584. The number of hydrogen-bond acceptors (Lipinski definition) is 2. The van der Waals surface area contributed by atoms with Gasteiger partial charge in [0.05, 0.1) is 0 Å². The molecule has 0 amide bonds. The Hall–Kier alpha value is -1.03. The van der Waals surface area contributed by atoms with Crippen LogP contribution in [0.4, 0.5) is 0 Å². The maximum Gasteiger partial charge on any atom is 0.138 e. The topological polar surface area (TPSA) is 35.2 Å². The lowest BCUT2D eigenvalue weighted by Gasteiger charge is -2.24. The summed E-state index contributed by atoms with van der Waals surface area (Å²) in [5.41, 5.74) is 8.13. The molecule has 0 bridgehead atoms. The molecule has 2 aromatic rings. The van der Waals surface area contributed by atoms with Gasteiger partial charge in [-0.2, -0.15) is 0 Å². The predicted octanol–water partition coefficient (Wildman–Crippen LogP) is 4.88. The summed E-state index contributed by atoms with van der Waals surface area (Å²) in [7, 11) is 0. The summed E-state index contributed by atoms with van der Waals surface area (Å²) in [6, 6.07) is 13.5. The number of hydrogen-bond donors (Lipinski definition) is 1. The van der Waals surface area contributed by atoms with Crippen LogP contribution in [-0.4, -0.2) is 6.04 Å². The molecule has 0 saturated carbocycles. The molecule has 0 heterocycles. The Kier molecular flexibility index (Phi) is 5.08. The van der Waals surface area contributed by atoms with Crippen LogP contribution in [0, 0.1) is 6.92 Å². The van der Waals surface area contributed by atoms with Crippen LogP contribution in [0.2, 0.25) is 5.02 Å².